The zero-order chi connectivity index (χ0) is 15.5. The molecule has 0 aliphatic heterocycles. The number of amides is 1. The van der Waals surface area contributed by atoms with Gasteiger partial charge in [-0.05, 0) is 30.5 Å². The third-order valence-corrected chi connectivity index (χ3v) is 4.42. The Bertz CT molecular complexity index is 596. The zero-order valence-electron chi connectivity index (χ0n) is 12.4. The van der Waals surface area contributed by atoms with E-state index in [9.17, 15) is 13.2 Å². The number of carbonyl (C=O) groups excluding carboxylic acids is 1. The summed E-state index contributed by atoms with van der Waals surface area (Å²) >= 11 is 0. The first kappa shape index (κ1) is 16.7. The fourth-order valence-electron chi connectivity index (χ4n) is 1.94. The van der Waals surface area contributed by atoms with E-state index in [1.165, 1.54) is 6.07 Å². The summed E-state index contributed by atoms with van der Waals surface area (Å²) < 4.78 is 23.0. The predicted octanol–water partition coefficient (Wildman–Crippen LogP) is 1.76. The third kappa shape index (κ3) is 4.05. The van der Waals surface area contributed by atoms with E-state index >= 15 is 0 Å². The monoisotopic (exact) mass is 298 g/mol. The van der Waals surface area contributed by atoms with Crippen molar-refractivity contribution in [1.82, 2.24) is 4.90 Å². The van der Waals surface area contributed by atoms with Gasteiger partial charge in [-0.2, -0.15) is 0 Å². The maximum atomic E-state index is 12.3. The molecule has 1 unspecified atom stereocenters. The first-order chi connectivity index (χ1) is 9.16. The number of sulfonamides is 1. The molecule has 0 aliphatic rings. The highest BCUT2D eigenvalue weighted by atomic mass is 32.2. The molecule has 0 fully saturated rings. The van der Waals surface area contributed by atoms with E-state index in [0.717, 1.165) is 6.42 Å². The first-order valence-electron chi connectivity index (χ1n) is 6.55. The van der Waals surface area contributed by atoms with Crippen LogP contribution in [0.1, 0.15) is 36.2 Å². The average molecular weight is 298 g/mol. The summed E-state index contributed by atoms with van der Waals surface area (Å²) in [4.78, 5) is 13.9. The van der Waals surface area contributed by atoms with Gasteiger partial charge in [-0.15, -0.1) is 0 Å². The van der Waals surface area contributed by atoms with E-state index in [4.69, 9.17) is 5.14 Å². The molecule has 6 heteroatoms. The fraction of sp³-hybridized carbons (Fsp3) is 0.500. The van der Waals surface area contributed by atoms with Crippen molar-refractivity contribution >= 4 is 15.9 Å². The van der Waals surface area contributed by atoms with Gasteiger partial charge in [0.05, 0.1) is 4.90 Å². The van der Waals surface area contributed by atoms with E-state index in [1.54, 1.807) is 31.0 Å². The summed E-state index contributed by atoms with van der Waals surface area (Å²) in [6.07, 6.45) is 0.980. The molecule has 0 saturated heterocycles. The number of aryl methyl sites for hydroxylation is 1. The van der Waals surface area contributed by atoms with Crippen LogP contribution in [0.25, 0.3) is 0 Å². The molecule has 1 aromatic rings. The number of primary sulfonamides is 1. The van der Waals surface area contributed by atoms with Crippen LogP contribution in [0.2, 0.25) is 0 Å². The van der Waals surface area contributed by atoms with Crippen LogP contribution in [0, 0.1) is 12.8 Å². The summed E-state index contributed by atoms with van der Waals surface area (Å²) in [7, 11) is -2.10. The molecule has 1 amide bonds. The molecule has 2 N–H and O–H groups in total. The molecule has 1 atom stereocenters. The van der Waals surface area contributed by atoms with Crippen LogP contribution in [0.4, 0.5) is 0 Å². The van der Waals surface area contributed by atoms with Gasteiger partial charge in [0, 0.05) is 19.2 Å². The van der Waals surface area contributed by atoms with Crippen LogP contribution >= 0.6 is 0 Å². The molecule has 0 saturated carbocycles. The summed E-state index contributed by atoms with van der Waals surface area (Å²) in [6, 6.07) is 4.57. The second kappa shape index (κ2) is 6.37. The molecule has 112 valence electrons. The van der Waals surface area contributed by atoms with Crippen LogP contribution in [0.15, 0.2) is 23.1 Å². The number of carbonyl (C=O) groups is 1. The van der Waals surface area contributed by atoms with Crippen LogP contribution in [0.5, 0.6) is 0 Å². The molecule has 1 rings (SSSR count). The van der Waals surface area contributed by atoms with E-state index in [-0.39, 0.29) is 10.8 Å². The molecule has 0 aliphatic carbocycles. The Morgan fingerprint density at radius 3 is 2.50 bits per heavy atom. The summed E-state index contributed by atoms with van der Waals surface area (Å²) in [5.41, 5.74) is 0.874. The van der Waals surface area contributed by atoms with Crippen molar-refractivity contribution < 1.29 is 13.2 Å². The highest BCUT2D eigenvalue weighted by Crippen LogP contribution is 2.17. The Morgan fingerprint density at radius 1 is 1.40 bits per heavy atom. The maximum absolute atomic E-state index is 12.3. The van der Waals surface area contributed by atoms with Crippen molar-refractivity contribution in [3.05, 3.63) is 29.3 Å². The van der Waals surface area contributed by atoms with Crippen molar-refractivity contribution in [3.63, 3.8) is 0 Å². The minimum absolute atomic E-state index is 0.000269. The van der Waals surface area contributed by atoms with Crippen molar-refractivity contribution in [2.75, 3.05) is 13.6 Å². The molecule has 5 nitrogen and oxygen atoms in total. The number of nitrogens with two attached hydrogens (primary N) is 1. The van der Waals surface area contributed by atoms with Crippen LogP contribution in [0.3, 0.4) is 0 Å². The second-order valence-corrected chi connectivity index (χ2v) is 6.75. The van der Waals surface area contributed by atoms with Crippen molar-refractivity contribution in [1.29, 1.82) is 0 Å². The largest absolute Gasteiger partial charge is 0.341 e. The van der Waals surface area contributed by atoms with Crippen molar-refractivity contribution in [2.45, 2.75) is 32.1 Å². The van der Waals surface area contributed by atoms with Crippen LogP contribution in [-0.2, 0) is 10.0 Å². The van der Waals surface area contributed by atoms with Gasteiger partial charge < -0.3 is 4.90 Å². The van der Waals surface area contributed by atoms with E-state index < -0.39 is 10.0 Å². The van der Waals surface area contributed by atoms with Gasteiger partial charge in [-0.3, -0.25) is 4.79 Å². The summed E-state index contributed by atoms with van der Waals surface area (Å²) in [6.45, 7) is 6.41. The number of nitrogens with zero attached hydrogens (tertiary/aromatic N) is 1. The van der Waals surface area contributed by atoms with E-state index in [0.29, 0.717) is 23.6 Å². The summed E-state index contributed by atoms with van der Waals surface area (Å²) in [5, 5.41) is 5.15. The molecule has 1 aromatic carbocycles. The molecule has 0 radical (unpaired) electrons. The number of rotatable bonds is 5. The highest BCUT2D eigenvalue weighted by molar-refractivity contribution is 7.89. The van der Waals surface area contributed by atoms with Gasteiger partial charge in [0.1, 0.15) is 0 Å². The molecule has 20 heavy (non-hydrogen) atoms. The Labute approximate surface area is 120 Å². The Kier molecular flexibility index (Phi) is 5.30. The fourth-order valence-corrected chi connectivity index (χ4v) is 2.75. The van der Waals surface area contributed by atoms with E-state index in [2.05, 4.69) is 13.8 Å². The lowest BCUT2D eigenvalue weighted by atomic mass is 10.1. The minimum atomic E-state index is -3.81. The Balaban J connectivity index is 3.06. The lowest BCUT2D eigenvalue weighted by molar-refractivity contribution is 0.0774. The number of benzene rings is 1. The molecular weight excluding hydrogens is 276 g/mol. The van der Waals surface area contributed by atoms with Gasteiger partial charge in [0.15, 0.2) is 0 Å². The summed E-state index contributed by atoms with van der Waals surface area (Å²) in [5.74, 6) is 0.197. The van der Waals surface area contributed by atoms with Gasteiger partial charge in [-0.25, -0.2) is 13.6 Å². The first-order valence-corrected chi connectivity index (χ1v) is 8.10. The average Bonchev–Trinajstić information content (AvgIpc) is 2.36. The minimum Gasteiger partial charge on any atom is -0.341 e. The Hall–Kier alpha value is -1.40. The lowest BCUT2D eigenvalue weighted by Crippen LogP contribution is -2.31. The normalized spacial score (nSPS) is 13.1. The van der Waals surface area contributed by atoms with Gasteiger partial charge in [0.25, 0.3) is 5.91 Å². The van der Waals surface area contributed by atoms with Crippen LogP contribution in [-0.4, -0.2) is 32.8 Å². The molecule has 0 aromatic heterocycles. The van der Waals surface area contributed by atoms with Crippen molar-refractivity contribution in [2.24, 2.45) is 11.1 Å². The van der Waals surface area contributed by atoms with Crippen molar-refractivity contribution in [3.8, 4) is 0 Å². The molecule has 0 bridgehead atoms. The standard InChI is InChI=1S/C14H22N2O3S/c1-5-10(2)9-16(4)14(17)12-7-6-11(3)13(8-12)20(15,18)19/h6-8,10H,5,9H2,1-4H3,(H2,15,18,19). The lowest BCUT2D eigenvalue weighted by Gasteiger charge is -2.21. The van der Waals surface area contributed by atoms with Gasteiger partial charge >= 0.3 is 0 Å². The molecule has 0 spiro atoms. The third-order valence-electron chi connectivity index (χ3n) is 3.37. The number of hydrogen-bond acceptors (Lipinski definition) is 3. The molecule has 0 heterocycles. The van der Waals surface area contributed by atoms with Crippen LogP contribution < -0.4 is 5.14 Å². The Morgan fingerprint density at radius 2 is 2.00 bits per heavy atom. The maximum Gasteiger partial charge on any atom is 0.253 e. The quantitative estimate of drug-likeness (QED) is 0.899. The molecular formula is C14H22N2O3S. The zero-order valence-corrected chi connectivity index (χ0v) is 13.2. The van der Waals surface area contributed by atoms with Gasteiger partial charge in [-0.1, -0.05) is 26.3 Å². The SMILES string of the molecule is CCC(C)CN(C)C(=O)c1ccc(C)c(S(N)(=O)=O)c1. The topological polar surface area (TPSA) is 80.5 Å². The van der Waals surface area contributed by atoms with E-state index in [1.807, 2.05) is 0 Å². The predicted molar refractivity (Wildman–Crippen MR) is 79.0 cm³/mol. The number of hydrogen-bond donors (Lipinski definition) is 1. The smallest absolute Gasteiger partial charge is 0.253 e. The second-order valence-electron chi connectivity index (χ2n) is 5.22. The highest BCUT2D eigenvalue weighted by Gasteiger charge is 2.18. The van der Waals surface area contributed by atoms with Gasteiger partial charge in [0.2, 0.25) is 10.0 Å².